The SMILES string of the molecule is O=C1Cc2ccc(Cl)cc2Sc2ccccc2N1. The molecule has 90 valence electrons. The Labute approximate surface area is 114 Å². The van der Waals surface area contributed by atoms with Crippen LogP contribution in [0.5, 0.6) is 0 Å². The van der Waals surface area contributed by atoms with Crippen LogP contribution in [-0.2, 0) is 11.2 Å². The molecule has 0 spiro atoms. The summed E-state index contributed by atoms with van der Waals surface area (Å²) < 4.78 is 0. The number of benzene rings is 2. The molecule has 2 aromatic rings. The third-order valence-corrected chi connectivity index (χ3v) is 4.17. The maximum Gasteiger partial charge on any atom is 0.228 e. The van der Waals surface area contributed by atoms with Crippen molar-refractivity contribution in [3.63, 3.8) is 0 Å². The fourth-order valence-corrected chi connectivity index (χ4v) is 3.22. The highest BCUT2D eigenvalue weighted by Gasteiger charge is 2.16. The number of hydrogen-bond donors (Lipinski definition) is 1. The van der Waals surface area contributed by atoms with E-state index in [1.807, 2.05) is 42.5 Å². The minimum absolute atomic E-state index is 0.00585. The van der Waals surface area contributed by atoms with Crippen LogP contribution in [0.25, 0.3) is 0 Å². The standard InChI is InChI=1S/C14H10ClNOS/c15-10-6-5-9-7-14(17)16-11-3-1-2-4-12(11)18-13(9)8-10/h1-6,8H,7H2,(H,16,17). The van der Waals surface area contributed by atoms with Gasteiger partial charge in [0.25, 0.3) is 0 Å². The molecule has 1 aliphatic heterocycles. The number of carbonyl (C=O) groups excluding carboxylic acids is 1. The van der Waals surface area contributed by atoms with Gasteiger partial charge in [0.15, 0.2) is 0 Å². The van der Waals surface area contributed by atoms with E-state index in [2.05, 4.69) is 5.32 Å². The van der Waals surface area contributed by atoms with E-state index in [4.69, 9.17) is 11.6 Å². The molecule has 3 rings (SSSR count). The Morgan fingerprint density at radius 2 is 1.94 bits per heavy atom. The zero-order valence-corrected chi connectivity index (χ0v) is 11.0. The van der Waals surface area contributed by atoms with Crippen molar-refractivity contribution in [1.29, 1.82) is 0 Å². The van der Waals surface area contributed by atoms with E-state index in [0.29, 0.717) is 11.4 Å². The Morgan fingerprint density at radius 1 is 1.11 bits per heavy atom. The molecule has 0 bridgehead atoms. The quantitative estimate of drug-likeness (QED) is 0.788. The highest BCUT2D eigenvalue weighted by atomic mass is 35.5. The third-order valence-electron chi connectivity index (χ3n) is 2.76. The molecule has 0 saturated heterocycles. The Kier molecular flexibility index (Phi) is 3.02. The first kappa shape index (κ1) is 11.6. The number of carbonyl (C=O) groups is 1. The number of amides is 1. The van der Waals surface area contributed by atoms with Crippen molar-refractivity contribution in [2.75, 3.05) is 5.32 Å². The van der Waals surface area contributed by atoms with Gasteiger partial charge in [-0.15, -0.1) is 0 Å². The predicted molar refractivity (Wildman–Crippen MR) is 74.4 cm³/mol. The number of nitrogens with one attached hydrogen (secondary N) is 1. The maximum atomic E-state index is 11.9. The van der Waals surface area contributed by atoms with Crippen LogP contribution in [0.4, 0.5) is 5.69 Å². The number of rotatable bonds is 0. The predicted octanol–water partition coefficient (Wildman–Crippen LogP) is 3.99. The van der Waals surface area contributed by atoms with E-state index in [1.165, 1.54) is 0 Å². The summed E-state index contributed by atoms with van der Waals surface area (Å²) in [5, 5.41) is 3.62. The van der Waals surface area contributed by atoms with Crippen LogP contribution in [0, 0.1) is 0 Å². The van der Waals surface area contributed by atoms with Crippen LogP contribution in [0.2, 0.25) is 5.02 Å². The lowest BCUT2D eigenvalue weighted by atomic mass is 10.1. The Morgan fingerprint density at radius 3 is 2.83 bits per heavy atom. The lowest BCUT2D eigenvalue weighted by Gasteiger charge is -2.17. The molecule has 0 unspecified atom stereocenters. The molecular formula is C14H10ClNOS. The van der Waals surface area contributed by atoms with Gasteiger partial charge in [0.05, 0.1) is 12.1 Å². The molecule has 0 saturated carbocycles. The van der Waals surface area contributed by atoms with Crippen molar-refractivity contribution in [1.82, 2.24) is 0 Å². The normalized spacial score (nSPS) is 13.9. The van der Waals surface area contributed by atoms with Crippen molar-refractivity contribution in [2.45, 2.75) is 16.2 Å². The molecule has 0 aromatic heterocycles. The van der Waals surface area contributed by atoms with Gasteiger partial charge in [-0.25, -0.2) is 0 Å². The largest absolute Gasteiger partial charge is 0.325 e. The second kappa shape index (κ2) is 4.67. The van der Waals surface area contributed by atoms with Crippen LogP contribution in [0.3, 0.4) is 0 Å². The molecular weight excluding hydrogens is 266 g/mol. The number of hydrogen-bond acceptors (Lipinski definition) is 2. The van der Waals surface area contributed by atoms with Crippen LogP contribution < -0.4 is 5.32 Å². The summed E-state index contributed by atoms with van der Waals surface area (Å²) in [5.41, 5.74) is 1.87. The zero-order chi connectivity index (χ0) is 12.5. The summed E-state index contributed by atoms with van der Waals surface area (Å²) in [7, 11) is 0. The van der Waals surface area contributed by atoms with E-state index in [0.717, 1.165) is 21.0 Å². The number of para-hydroxylation sites is 1. The Bertz CT molecular complexity index is 627. The van der Waals surface area contributed by atoms with Crippen molar-refractivity contribution in [3.8, 4) is 0 Å². The summed E-state index contributed by atoms with van der Waals surface area (Å²) in [4.78, 5) is 14.0. The van der Waals surface area contributed by atoms with E-state index >= 15 is 0 Å². The van der Waals surface area contributed by atoms with Crippen LogP contribution >= 0.6 is 23.4 Å². The molecule has 18 heavy (non-hydrogen) atoms. The molecule has 1 N–H and O–H groups in total. The smallest absolute Gasteiger partial charge is 0.228 e. The summed E-state index contributed by atoms with van der Waals surface area (Å²) in [6.45, 7) is 0. The van der Waals surface area contributed by atoms with E-state index in [1.54, 1.807) is 11.8 Å². The average Bonchev–Trinajstić information content (AvgIpc) is 2.33. The second-order valence-corrected chi connectivity index (χ2v) is 5.60. The summed E-state index contributed by atoms with van der Waals surface area (Å²) >= 11 is 7.65. The number of halogens is 1. The van der Waals surface area contributed by atoms with Gasteiger partial charge in [-0.2, -0.15) is 0 Å². The van der Waals surface area contributed by atoms with Gasteiger partial charge in [0.2, 0.25) is 5.91 Å². The zero-order valence-electron chi connectivity index (χ0n) is 9.44. The van der Waals surface area contributed by atoms with Gasteiger partial charge in [-0.1, -0.05) is 41.6 Å². The summed E-state index contributed by atoms with van der Waals surface area (Å²) in [5.74, 6) is 0.00585. The first-order valence-electron chi connectivity index (χ1n) is 5.57. The van der Waals surface area contributed by atoms with Gasteiger partial charge >= 0.3 is 0 Å². The molecule has 0 fully saturated rings. The minimum atomic E-state index is 0.00585. The first-order valence-corrected chi connectivity index (χ1v) is 6.77. The molecule has 2 nitrogen and oxygen atoms in total. The topological polar surface area (TPSA) is 29.1 Å². The Hall–Kier alpha value is -1.45. The second-order valence-electron chi connectivity index (χ2n) is 4.08. The average molecular weight is 276 g/mol. The van der Waals surface area contributed by atoms with Crippen molar-refractivity contribution < 1.29 is 4.79 Å². The van der Waals surface area contributed by atoms with Crippen molar-refractivity contribution >= 4 is 35.0 Å². The van der Waals surface area contributed by atoms with Gasteiger partial charge < -0.3 is 5.32 Å². The molecule has 4 heteroatoms. The summed E-state index contributed by atoms with van der Waals surface area (Å²) in [6, 6.07) is 13.4. The van der Waals surface area contributed by atoms with Gasteiger partial charge in [-0.05, 0) is 29.8 Å². The van der Waals surface area contributed by atoms with E-state index in [9.17, 15) is 4.79 Å². The highest BCUT2D eigenvalue weighted by molar-refractivity contribution is 7.99. The molecule has 1 heterocycles. The highest BCUT2D eigenvalue weighted by Crippen LogP contribution is 2.38. The number of fused-ring (bicyclic) bond motifs is 2. The van der Waals surface area contributed by atoms with Gasteiger partial charge in [-0.3, -0.25) is 4.79 Å². The van der Waals surface area contributed by atoms with Crippen LogP contribution in [0.15, 0.2) is 52.3 Å². The monoisotopic (exact) mass is 275 g/mol. The van der Waals surface area contributed by atoms with Crippen molar-refractivity contribution in [3.05, 3.63) is 53.1 Å². The summed E-state index contributed by atoms with van der Waals surface area (Å²) in [6.07, 6.45) is 0.383. The van der Waals surface area contributed by atoms with Gasteiger partial charge in [0.1, 0.15) is 0 Å². The Balaban J connectivity index is 2.13. The molecule has 2 aromatic carbocycles. The molecule has 0 atom stereocenters. The maximum absolute atomic E-state index is 11.9. The fraction of sp³-hybridized carbons (Fsp3) is 0.0714. The minimum Gasteiger partial charge on any atom is -0.325 e. The number of anilines is 1. The first-order chi connectivity index (χ1) is 8.72. The van der Waals surface area contributed by atoms with Gasteiger partial charge in [0, 0.05) is 14.8 Å². The van der Waals surface area contributed by atoms with E-state index in [-0.39, 0.29) is 5.91 Å². The molecule has 0 radical (unpaired) electrons. The van der Waals surface area contributed by atoms with Crippen molar-refractivity contribution in [2.24, 2.45) is 0 Å². The van der Waals surface area contributed by atoms with Crippen LogP contribution in [0.1, 0.15) is 5.56 Å². The third kappa shape index (κ3) is 2.24. The fourth-order valence-electron chi connectivity index (χ4n) is 1.91. The van der Waals surface area contributed by atoms with E-state index < -0.39 is 0 Å². The lowest BCUT2D eigenvalue weighted by Crippen LogP contribution is -2.16. The molecule has 0 aliphatic carbocycles. The lowest BCUT2D eigenvalue weighted by molar-refractivity contribution is -0.115. The van der Waals surface area contributed by atoms with Crippen LogP contribution in [-0.4, -0.2) is 5.91 Å². The molecule has 1 aliphatic rings. The molecule has 1 amide bonds.